The molecule has 0 atom stereocenters. The Labute approximate surface area is 161 Å². The van der Waals surface area contributed by atoms with Crippen molar-refractivity contribution in [2.45, 2.75) is 52.5 Å². The molecule has 1 aromatic carbocycles. The summed E-state index contributed by atoms with van der Waals surface area (Å²) in [4.78, 5) is 16.5. The van der Waals surface area contributed by atoms with Crippen LogP contribution in [-0.2, 0) is 6.54 Å². The summed E-state index contributed by atoms with van der Waals surface area (Å²) in [6, 6.07) is 5.32. The Kier molecular flexibility index (Phi) is 8.68. The van der Waals surface area contributed by atoms with Gasteiger partial charge in [-0.15, -0.1) is 0 Å². The Morgan fingerprint density at radius 3 is 2.74 bits per heavy atom. The summed E-state index contributed by atoms with van der Waals surface area (Å²) in [6.45, 7) is 6.26. The molecule has 1 N–H and O–H groups in total. The average Bonchev–Trinajstić information content (AvgIpc) is 3.09. The fraction of sp³-hybridized carbons (Fsp3) is 0.524. The normalized spacial score (nSPS) is 10.6. The number of carbonyl (C=O) groups excluding carboxylic acids is 1. The molecule has 1 heterocycles. The molecule has 1 aromatic heterocycles. The summed E-state index contributed by atoms with van der Waals surface area (Å²) in [5, 5.41) is 2.95. The van der Waals surface area contributed by atoms with Crippen molar-refractivity contribution in [1.82, 2.24) is 14.9 Å². The Bertz CT molecular complexity index is 712. The molecule has 0 unspecified atom stereocenters. The quantitative estimate of drug-likeness (QED) is 0.572. The molecule has 0 spiro atoms. The number of carbonyl (C=O) groups is 1. The number of hydrogen-bond donors (Lipinski definition) is 1. The monoisotopic (exact) mass is 373 g/mol. The molecule has 148 valence electrons. The molecule has 0 saturated carbocycles. The van der Waals surface area contributed by atoms with Gasteiger partial charge in [0.05, 0.1) is 13.7 Å². The van der Waals surface area contributed by atoms with Crippen LogP contribution in [0.15, 0.2) is 30.6 Å². The van der Waals surface area contributed by atoms with Crippen LogP contribution in [0, 0.1) is 6.92 Å². The minimum atomic E-state index is -0.106. The van der Waals surface area contributed by atoms with Gasteiger partial charge in [-0.1, -0.05) is 26.2 Å². The van der Waals surface area contributed by atoms with Gasteiger partial charge in [0, 0.05) is 31.0 Å². The topological polar surface area (TPSA) is 65.4 Å². The van der Waals surface area contributed by atoms with Crippen LogP contribution in [-0.4, -0.2) is 35.7 Å². The fourth-order valence-corrected chi connectivity index (χ4v) is 2.83. The first-order valence-corrected chi connectivity index (χ1v) is 9.72. The molecule has 6 heteroatoms. The number of ether oxygens (including phenoxy) is 2. The lowest BCUT2D eigenvalue weighted by atomic mass is 10.2. The predicted octanol–water partition coefficient (Wildman–Crippen LogP) is 3.98. The first-order valence-electron chi connectivity index (χ1n) is 9.72. The van der Waals surface area contributed by atoms with E-state index in [4.69, 9.17) is 9.47 Å². The smallest absolute Gasteiger partial charge is 0.251 e. The standard InChI is InChI=1S/C21H31N3O3/c1-4-5-6-7-15-27-19-10-9-18(16-20(19)26-3)21(25)23-11-8-13-24-14-12-22-17(24)2/h9-10,12,14,16H,4-8,11,13,15H2,1-3H3,(H,23,25). The fourth-order valence-electron chi connectivity index (χ4n) is 2.83. The van der Waals surface area contributed by atoms with Gasteiger partial charge in [-0.25, -0.2) is 4.98 Å². The highest BCUT2D eigenvalue weighted by molar-refractivity contribution is 5.94. The van der Waals surface area contributed by atoms with Crippen LogP contribution in [0.3, 0.4) is 0 Å². The zero-order chi connectivity index (χ0) is 19.5. The maximum Gasteiger partial charge on any atom is 0.251 e. The number of aromatic nitrogens is 2. The first-order chi connectivity index (χ1) is 13.2. The van der Waals surface area contributed by atoms with Crippen molar-refractivity contribution >= 4 is 5.91 Å². The van der Waals surface area contributed by atoms with E-state index < -0.39 is 0 Å². The molecule has 0 bridgehead atoms. The molecule has 0 fully saturated rings. The molecule has 0 aliphatic rings. The highest BCUT2D eigenvalue weighted by Crippen LogP contribution is 2.28. The molecular weight excluding hydrogens is 342 g/mol. The summed E-state index contributed by atoms with van der Waals surface area (Å²) >= 11 is 0. The minimum absolute atomic E-state index is 0.106. The predicted molar refractivity (Wildman–Crippen MR) is 107 cm³/mol. The van der Waals surface area contributed by atoms with Gasteiger partial charge in [-0.2, -0.15) is 0 Å². The van der Waals surface area contributed by atoms with Gasteiger partial charge in [0.15, 0.2) is 11.5 Å². The van der Waals surface area contributed by atoms with E-state index in [0.29, 0.717) is 30.2 Å². The van der Waals surface area contributed by atoms with Crippen molar-refractivity contribution in [3.05, 3.63) is 42.0 Å². The summed E-state index contributed by atoms with van der Waals surface area (Å²) < 4.78 is 13.3. The lowest BCUT2D eigenvalue weighted by molar-refractivity contribution is 0.0952. The van der Waals surface area contributed by atoms with Gasteiger partial charge < -0.3 is 19.4 Å². The molecule has 2 aromatic rings. The third kappa shape index (κ3) is 6.62. The molecule has 0 saturated heterocycles. The van der Waals surface area contributed by atoms with E-state index in [1.807, 2.05) is 19.2 Å². The van der Waals surface area contributed by atoms with Gasteiger partial charge in [0.2, 0.25) is 0 Å². The number of hydrogen-bond acceptors (Lipinski definition) is 4. The number of nitrogens with one attached hydrogen (secondary N) is 1. The van der Waals surface area contributed by atoms with E-state index >= 15 is 0 Å². The number of amides is 1. The van der Waals surface area contributed by atoms with Crippen LogP contribution >= 0.6 is 0 Å². The van der Waals surface area contributed by atoms with Crippen molar-refractivity contribution in [3.63, 3.8) is 0 Å². The summed E-state index contributed by atoms with van der Waals surface area (Å²) in [5.41, 5.74) is 0.573. The van der Waals surface area contributed by atoms with Crippen LogP contribution in [0.25, 0.3) is 0 Å². The lowest BCUT2D eigenvalue weighted by Crippen LogP contribution is -2.25. The number of aryl methyl sites for hydroxylation is 2. The first kappa shape index (κ1) is 20.8. The number of nitrogens with zero attached hydrogens (tertiary/aromatic N) is 2. The Hall–Kier alpha value is -2.50. The molecule has 0 aliphatic carbocycles. The second-order valence-electron chi connectivity index (χ2n) is 6.55. The van der Waals surface area contributed by atoms with Gasteiger partial charge in [-0.05, 0) is 38.0 Å². The van der Waals surface area contributed by atoms with E-state index in [1.165, 1.54) is 12.8 Å². The number of benzene rings is 1. The Balaban J connectivity index is 1.80. The third-order valence-corrected chi connectivity index (χ3v) is 4.47. The summed E-state index contributed by atoms with van der Waals surface area (Å²) in [5.74, 6) is 2.15. The maximum absolute atomic E-state index is 12.4. The zero-order valence-electron chi connectivity index (χ0n) is 16.7. The second-order valence-corrected chi connectivity index (χ2v) is 6.55. The SMILES string of the molecule is CCCCCCOc1ccc(C(=O)NCCCn2ccnc2C)cc1OC. The highest BCUT2D eigenvalue weighted by Gasteiger charge is 2.11. The lowest BCUT2D eigenvalue weighted by Gasteiger charge is -2.12. The maximum atomic E-state index is 12.4. The average molecular weight is 373 g/mol. The van der Waals surface area contributed by atoms with Gasteiger partial charge in [0.1, 0.15) is 5.82 Å². The van der Waals surface area contributed by atoms with E-state index in [0.717, 1.165) is 31.6 Å². The van der Waals surface area contributed by atoms with Crippen LogP contribution < -0.4 is 14.8 Å². The highest BCUT2D eigenvalue weighted by atomic mass is 16.5. The molecule has 6 nitrogen and oxygen atoms in total. The number of rotatable bonds is 12. The summed E-state index contributed by atoms with van der Waals surface area (Å²) in [6.07, 6.45) is 9.19. The minimum Gasteiger partial charge on any atom is -0.493 e. The Morgan fingerprint density at radius 2 is 2.04 bits per heavy atom. The van der Waals surface area contributed by atoms with Gasteiger partial charge in [0.25, 0.3) is 5.91 Å². The third-order valence-electron chi connectivity index (χ3n) is 4.47. The molecule has 2 rings (SSSR count). The van der Waals surface area contributed by atoms with E-state index in [9.17, 15) is 4.79 Å². The van der Waals surface area contributed by atoms with Gasteiger partial charge in [-0.3, -0.25) is 4.79 Å². The van der Waals surface area contributed by atoms with Gasteiger partial charge >= 0.3 is 0 Å². The number of methoxy groups -OCH3 is 1. The number of unbranched alkanes of at least 4 members (excludes halogenated alkanes) is 3. The molecule has 1 amide bonds. The molecule has 0 radical (unpaired) electrons. The van der Waals surface area contributed by atoms with Crippen molar-refractivity contribution < 1.29 is 14.3 Å². The van der Waals surface area contributed by atoms with Crippen LogP contribution in [0.2, 0.25) is 0 Å². The van der Waals surface area contributed by atoms with Crippen molar-refractivity contribution in [2.24, 2.45) is 0 Å². The second kappa shape index (κ2) is 11.3. The molecule has 27 heavy (non-hydrogen) atoms. The van der Waals surface area contributed by atoms with Crippen LogP contribution in [0.5, 0.6) is 11.5 Å². The molecular formula is C21H31N3O3. The van der Waals surface area contributed by atoms with Crippen LogP contribution in [0.4, 0.5) is 0 Å². The molecule has 0 aliphatic heterocycles. The van der Waals surface area contributed by atoms with Crippen LogP contribution in [0.1, 0.15) is 55.2 Å². The van der Waals surface area contributed by atoms with Crippen molar-refractivity contribution in [1.29, 1.82) is 0 Å². The Morgan fingerprint density at radius 1 is 1.19 bits per heavy atom. The largest absolute Gasteiger partial charge is 0.493 e. The van der Waals surface area contributed by atoms with E-state index in [1.54, 1.807) is 25.4 Å². The van der Waals surface area contributed by atoms with Crippen molar-refractivity contribution in [3.8, 4) is 11.5 Å². The van der Waals surface area contributed by atoms with Crippen molar-refractivity contribution in [2.75, 3.05) is 20.3 Å². The van der Waals surface area contributed by atoms with E-state index in [-0.39, 0.29) is 5.91 Å². The number of imidazole rings is 1. The summed E-state index contributed by atoms with van der Waals surface area (Å²) in [7, 11) is 1.59. The van der Waals surface area contributed by atoms with E-state index in [2.05, 4.69) is 21.8 Å². The zero-order valence-corrected chi connectivity index (χ0v) is 16.7.